The molecule has 0 aliphatic carbocycles. The maximum atomic E-state index is 12.1. The molecule has 1 amide bonds. The van der Waals surface area contributed by atoms with E-state index in [4.69, 9.17) is 23.2 Å². The van der Waals surface area contributed by atoms with Gasteiger partial charge in [-0.2, -0.15) is 10.2 Å². The minimum Gasteiger partial charge on any atom is -0.368 e. The normalized spacial score (nSPS) is 17.5. The molecule has 22 heavy (non-hydrogen) atoms. The Kier molecular flexibility index (Phi) is 4.45. The first-order valence-electron chi connectivity index (χ1n) is 6.91. The Morgan fingerprint density at radius 2 is 2.14 bits per heavy atom. The minimum absolute atomic E-state index is 0.0763. The average molecular weight is 337 g/mol. The second-order valence-corrected chi connectivity index (χ2v) is 5.98. The molecule has 0 saturated carbocycles. The smallest absolute Gasteiger partial charge is 0.253 e. The van der Waals surface area contributed by atoms with Crippen LogP contribution < -0.4 is 10.2 Å². The van der Waals surface area contributed by atoms with E-state index in [1.54, 1.807) is 12.1 Å². The summed E-state index contributed by atoms with van der Waals surface area (Å²) in [6, 6.07) is 7.17. The first-order valence-corrected chi connectivity index (χ1v) is 7.66. The second-order valence-electron chi connectivity index (χ2n) is 5.13. The van der Waals surface area contributed by atoms with Crippen LogP contribution in [0.25, 0.3) is 0 Å². The summed E-state index contributed by atoms with van der Waals surface area (Å²) in [5.41, 5.74) is 1.45. The lowest BCUT2D eigenvalue weighted by atomic mass is 10.2. The molecule has 1 aromatic carbocycles. The first kappa shape index (κ1) is 15.1. The van der Waals surface area contributed by atoms with Crippen LogP contribution in [0.4, 0.5) is 5.69 Å². The molecule has 1 aliphatic heterocycles. The van der Waals surface area contributed by atoms with Gasteiger partial charge in [-0.1, -0.05) is 23.2 Å². The Hall–Kier alpha value is -1.85. The molecule has 1 N–H and O–H groups in total. The lowest BCUT2D eigenvalue weighted by molar-refractivity contribution is 0.0940. The van der Waals surface area contributed by atoms with Crippen LogP contribution in [0.1, 0.15) is 16.8 Å². The molecule has 2 aromatic rings. The highest BCUT2D eigenvalue weighted by Gasteiger charge is 2.25. The number of benzene rings is 1. The van der Waals surface area contributed by atoms with E-state index in [9.17, 15) is 4.79 Å². The molecule has 2 heterocycles. The van der Waals surface area contributed by atoms with Crippen molar-refractivity contribution < 1.29 is 4.79 Å². The van der Waals surface area contributed by atoms with Gasteiger partial charge in [0.15, 0.2) is 0 Å². The Balaban J connectivity index is 1.64. The first-order chi connectivity index (χ1) is 10.6. The highest BCUT2D eigenvalue weighted by Crippen LogP contribution is 2.31. The SMILES string of the molecule is O=C(N[C@@H]1CCN(c2ccc(Cl)cc2Cl)C1)c1ccnnc1. The molecule has 0 bridgehead atoms. The summed E-state index contributed by atoms with van der Waals surface area (Å²) in [5.74, 6) is -0.135. The molecule has 3 rings (SSSR count). The van der Waals surface area contributed by atoms with Crippen molar-refractivity contribution in [3.8, 4) is 0 Å². The van der Waals surface area contributed by atoms with E-state index in [1.165, 1.54) is 12.4 Å². The van der Waals surface area contributed by atoms with E-state index in [-0.39, 0.29) is 11.9 Å². The summed E-state index contributed by atoms with van der Waals surface area (Å²) in [4.78, 5) is 14.3. The third-order valence-electron chi connectivity index (χ3n) is 3.62. The van der Waals surface area contributed by atoms with Crippen molar-refractivity contribution in [2.75, 3.05) is 18.0 Å². The molecule has 1 atom stereocenters. The van der Waals surface area contributed by atoms with Gasteiger partial charge >= 0.3 is 0 Å². The van der Waals surface area contributed by atoms with Gasteiger partial charge in [-0.3, -0.25) is 4.79 Å². The monoisotopic (exact) mass is 336 g/mol. The Bertz CT molecular complexity index is 680. The number of amides is 1. The standard InChI is InChI=1S/C15H14Cl2N4O/c16-11-1-2-14(13(17)7-11)21-6-4-12(9-21)20-15(22)10-3-5-18-19-8-10/h1-3,5,7-8,12H,4,6,9H2,(H,20,22)/t12-/m1/s1. The van der Waals surface area contributed by atoms with Gasteiger partial charge in [0.25, 0.3) is 5.91 Å². The summed E-state index contributed by atoms with van der Waals surface area (Å²) < 4.78 is 0. The molecule has 5 nitrogen and oxygen atoms in total. The van der Waals surface area contributed by atoms with Gasteiger partial charge in [0.05, 0.1) is 28.7 Å². The van der Waals surface area contributed by atoms with E-state index in [1.807, 2.05) is 12.1 Å². The number of carbonyl (C=O) groups is 1. The van der Waals surface area contributed by atoms with Crippen LogP contribution in [-0.4, -0.2) is 35.2 Å². The number of rotatable bonds is 3. The summed E-state index contributed by atoms with van der Waals surface area (Å²) in [7, 11) is 0. The lowest BCUT2D eigenvalue weighted by Gasteiger charge is -2.20. The van der Waals surface area contributed by atoms with Crippen LogP contribution in [0.5, 0.6) is 0 Å². The fourth-order valence-corrected chi connectivity index (χ4v) is 3.06. The van der Waals surface area contributed by atoms with Crippen LogP contribution in [0.15, 0.2) is 36.7 Å². The lowest BCUT2D eigenvalue weighted by Crippen LogP contribution is -2.37. The molecule has 0 spiro atoms. The van der Waals surface area contributed by atoms with Gasteiger partial charge in [0, 0.05) is 24.2 Å². The van der Waals surface area contributed by atoms with Gasteiger partial charge in [-0.05, 0) is 30.7 Å². The zero-order valence-electron chi connectivity index (χ0n) is 11.7. The van der Waals surface area contributed by atoms with Gasteiger partial charge < -0.3 is 10.2 Å². The second kappa shape index (κ2) is 6.50. The van der Waals surface area contributed by atoms with E-state index in [0.29, 0.717) is 22.2 Å². The van der Waals surface area contributed by atoms with Crippen LogP contribution >= 0.6 is 23.2 Å². The maximum Gasteiger partial charge on any atom is 0.253 e. The van der Waals surface area contributed by atoms with E-state index < -0.39 is 0 Å². The molecular weight excluding hydrogens is 323 g/mol. The number of aromatic nitrogens is 2. The number of nitrogens with zero attached hydrogens (tertiary/aromatic N) is 3. The van der Waals surface area contributed by atoms with Gasteiger partial charge in [0.2, 0.25) is 0 Å². The molecule has 1 aromatic heterocycles. The molecule has 114 valence electrons. The number of hydrogen-bond acceptors (Lipinski definition) is 4. The molecule has 1 aliphatic rings. The topological polar surface area (TPSA) is 58.1 Å². The van der Waals surface area contributed by atoms with Crippen LogP contribution in [0.2, 0.25) is 10.0 Å². The van der Waals surface area contributed by atoms with Crippen molar-refractivity contribution in [1.82, 2.24) is 15.5 Å². The van der Waals surface area contributed by atoms with E-state index in [2.05, 4.69) is 20.4 Å². The van der Waals surface area contributed by atoms with Crippen molar-refractivity contribution in [2.24, 2.45) is 0 Å². The predicted molar refractivity (Wildman–Crippen MR) is 86.6 cm³/mol. The van der Waals surface area contributed by atoms with Gasteiger partial charge in [-0.15, -0.1) is 0 Å². The highest BCUT2D eigenvalue weighted by atomic mass is 35.5. The number of carbonyl (C=O) groups excluding carboxylic acids is 1. The largest absolute Gasteiger partial charge is 0.368 e. The number of nitrogens with one attached hydrogen (secondary N) is 1. The minimum atomic E-state index is -0.135. The summed E-state index contributed by atoms with van der Waals surface area (Å²) in [5, 5.41) is 11.6. The maximum absolute atomic E-state index is 12.1. The zero-order chi connectivity index (χ0) is 15.5. The molecule has 1 saturated heterocycles. The fourth-order valence-electron chi connectivity index (χ4n) is 2.53. The fraction of sp³-hybridized carbons (Fsp3) is 0.267. The Morgan fingerprint density at radius 3 is 2.86 bits per heavy atom. The third kappa shape index (κ3) is 3.31. The molecule has 0 unspecified atom stereocenters. The third-order valence-corrected chi connectivity index (χ3v) is 4.16. The molecule has 1 fully saturated rings. The average Bonchev–Trinajstić information content (AvgIpc) is 2.96. The number of halogens is 2. The molecular formula is C15H14Cl2N4O. The van der Waals surface area contributed by atoms with Crippen LogP contribution in [-0.2, 0) is 0 Å². The Morgan fingerprint density at radius 1 is 1.27 bits per heavy atom. The van der Waals surface area contributed by atoms with Crippen molar-refractivity contribution in [3.63, 3.8) is 0 Å². The van der Waals surface area contributed by atoms with Crippen molar-refractivity contribution in [1.29, 1.82) is 0 Å². The summed E-state index contributed by atoms with van der Waals surface area (Å²) >= 11 is 12.1. The Labute approximate surface area is 138 Å². The van der Waals surface area contributed by atoms with Crippen LogP contribution in [0, 0.1) is 0 Å². The summed E-state index contributed by atoms with van der Waals surface area (Å²) in [6.07, 6.45) is 3.82. The van der Waals surface area contributed by atoms with Gasteiger partial charge in [0.1, 0.15) is 0 Å². The number of anilines is 1. The molecule has 7 heteroatoms. The van der Waals surface area contributed by atoms with Crippen molar-refractivity contribution >= 4 is 34.8 Å². The van der Waals surface area contributed by atoms with Gasteiger partial charge in [-0.25, -0.2) is 0 Å². The summed E-state index contributed by atoms with van der Waals surface area (Å²) in [6.45, 7) is 1.55. The van der Waals surface area contributed by atoms with Crippen molar-refractivity contribution in [2.45, 2.75) is 12.5 Å². The quantitative estimate of drug-likeness (QED) is 0.936. The predicted octanol–water partition coefficient (Wildman–Crippen LogP) is 2.79. The zero-order valence-corrected chi connectivity index (χ0v) is 13.2. The molecule has 0 radical (unpaired) electrons. The van der Waals surface area contributed by atoms with E-state index in [0.717, 1.165) is 18.7 Å². The highest BCUT2D eigenvalue weighted by molar-refractivity contribution is 6.36. The van der Waals surface area contributed by atoms with Crippen LogP contribution in [0.3, 0.4) is 0 Å². The number of hydrogen-bond donors (Lipinski definition) is 1. The van der Waals surface area contributed by atoms with Crippen molar-refractivity contribution in [3.05, 3.63) is 52.3 Å². The van der Waals surface area contributed by atoms with E-state index >= 15 is 0 Å².